The summed E-state index contributed by atoms with van der Waals surface area (Å²) >= 11 is 12.1. The van der Waals surface area contributed by atoms with Crippen molar-refractivity contribution in [2.45, 2.75) is 0 Å². The summed E-state index contributed by atoms with van der Waals surface area (Å²) < 4.78 is 5.32. The number of fused-ring (bicyclic) bond motifs is 1. The van der Waals surface area contributed by atoms with Gasteiger partial charge < -0.3 is 10.1 Å². The lowest BCUT2D eigenvalue weighted by atomic mass is 10.1. The van der Waals surface area contributed by atoms with Crippen LogP contribution in [-0.2, 0) is 9.59 Å². The first kappa shape index (κ1) is 22.7. The number of nitrogens with zero attached hydrogens (tertiary/aromatic N) is 1. The van der Waals surface area contributed by atoms with Crippen LogP contribution in [0.2, 0.25) is 5.02 Å². The van der Waals surface area contributed by atoms with Gasteiger partial charge in [0.05, 0.1) is 11.3 Å². The lowest BCUT2D eigenvalue weighted by Crippen LogP contribution is -2.32. The van der Waals surface area contributed by atoms with E-state index in [1.165, 1.54) is 0 Å². The molecule has 1 aliphatic heterocycles. The summed E-state index contributed by atoms with van der Waals surface area (Å²) in [6, 6.07) is 25.5. The molecule has 0 atom stereocenters. The van der Waals surface area contributed by atoms with Gasteiger partial charge in [-0.3, -0.25) is 9.59 Å². The number of nitrogens with one attached hydrogen (secondary N) is 1. The van der Waals surface area contributed by atoms with Crippen molar-refractivity contribution in [2.24, 2.45) is 0 Å². The van der Waals surface area contributed by atoms with Crippen LogP contribution in [0, 0.1) is 0 Å². The predicted molar refractivity (Wildman–Crippen MR) is 136 cm³/mol. The molecule has 1 aliphatic rings. The summed E-state index contributed by atoms with van der Waals surface area (Å²) in [4.78, 5) is 39.6. The van der Waals surface area contributed by atoms with Gasteiger partial charge in [-0.2, -0.15) is 0 Å². The average molecular weight is 503 g/mol. The number of carbonyl (C=O) groups is 3. The van der Waals surface area contributed by atoms with Gasteiger partial charge in [-0.1, -0.05) is 59.6 Å². The Morgan fingerprint density at radius 2 is 1.46 bits per heavy atom. The van der Waals surface area contributed by atoms with E-state index in [1.54, 1.807) is 60.7 Å². The Balaban J connectivity index is 1.34. The highest BCUT2D eigenvalue weighted by Crippen LogP contribution is 2.34. The Morgan fingerprint density at radius 3 is 2.20 bits per heavy atom. The van der Waals surface area contributed by atoms with Crippen LogP contribution < -0.4 is 15.0 Å². The van der Waals surface area contributed by atoms with E-state index in [9.17, 15) is 14.4 Å². The fraction of sp³-hybridized carbons (Fsp3) is 0. The first-order valence-electron chi connectivity index (χ1n) is 10.5. The quantitative estimate of drug-likeness (QED) is 0.201. The summed E-state index contributed by atoms with van der Waals surface area (Å²) in [6.07, 6.45) is 0. The zero-order chi connectivity index (χ0) is 24.5. The minimum Gasteiger partial charge on any atom is -0.423 e. The van der Waals surface area contributed by atoms with Crippen LogP contribution in [0.5, 0.6) is 5.75 Å². The van der Waals surface area contributed by atoms with Crippen molar-refractivity contribution in [1.82, 2.24) is 0 Å². The molecule has 0 unspecified atom stereocenters. The lowest BCUT2D eigenvalue weighted by Gasteiger charge is -2.17. The topological polar surface area (TPSA) is 75.7 Å². The molecule has 4 aromatic rings. The molecule has 5 rings (SSSR count). The highest BCUT2D eigenvalue weighted by molar-refractivity contribution is 6.53. The van der Waals surface area contributed by atoms with Crippen molar-refractivity contribution in [3.05, 3.63) is 112 Å². The van der Waals surface area contributed by atoms with E-state index < -0.39 is 17.8 Å². The number of amides is 2. The molecular weight excluding hydrogens is 487 g/mol. The van der Waals surface area contributed by atoms with Crippen LogP contribution in [0.25, 0.3) is 10.8 Å². The maximum Gasteiger partial charge on any atom is 0.343 e. The molecule has 0 spiro atoms. The van der Waals surface area contributed by atoms with Crippen LogP contribution in [0.3, 0.4) is 0 Å². The third-order valence-corrected chi connectivity index (χ3v) is 6.05. The Hall–Kier alpha value is -4.13. The molecule has 0 aliphatic carbocycles. The number of hydrogen-bond acceptors (Lipinski definition) is 5. The smallest absolute Gasteiger partial charge is 0.343 e. The van der Waals surface area contributed by atoms with E-state index in [0.29, 0.717) is 27.7 Å². The Labute approximate surface area is 210 Å². The average Bonchev–Trinajstić information content (AvgIpc) is 3.08. The normalized spacial score (nSPS) is 13.5. The predicted octanol–water partition coefficient (Wildman–Crippen LogP) is 6.15. The monoisotopic (exact) mass is 502 g/mol. The van der Waals surface area contributed by atoms with Gasteiger partial charge in [-0.05, 0) is 60.0 Å². The Kier molecular flexibility index (Phi) is 5.99. The molecule has 4 aromatic carbocycles. The van der Waals surface area contributed by atoms with Crippen molar-refractivity contribution in [1.29, 1.82) is 0 Å². The van der Waals surface area contributed by atoms with Crippen LogP contribution in [0.1, 0.15) is 10.4 Å². The van der Waals surface area contributed by atoms with Gasteiger partial charge in [0.25, 0.3) is 11.8 Å². The molecule has 0 radical (unpaired) electrons. The van der Waals surface area contributed by atoms with Crippen molar-refractivity contribution in [3.8, 4) is 5.75 Å². The number of carbonyl (C=O) groups excluding carboxylic acids is 3. The van der Waals surface area contributed by atoms with Crippen molar-refractivity contribution < 1.29 is 19.1 Å². The van der Waals surface area contributed by atoms with E-state index in [4.69, 9.17) is 27.9 Å². The van der Waals surface area contributed by atoms with Crippen molar-refractivity contribution >= 4 is 63.1 Å². The molecule has 1 heterocycles. The summed E-state index contributed by atoms with van der Waals surface area (Å²) in [5.74, 6) is -1.37. The Morgan fingerprint density at radius 1 is 0.771 bits per heavy atom. The molecular formula is C27H16Cl2N2O4. The molecule has 6 nitrogen and oxygen atoms in total. The number of imide groups is 1. The highest BCUT2D eigenvalue weighted by atomic mass is 35.5. The second kappa shape index (κ2) is 9.25. The highest BCUT2D eigenvalue weighted by Gasteiger charge is 2.39. The van der Waals surface area contributed by atoms with Gasteiger partial charge in [0.2, 0.25) is 0 Å². The van der Waals surface area contributed by atoms with Crippen LogP contribution >= 0.6 is 23.2 Å². The molecule has 2 amide bonds. The maximum absolute atomic E-state index is 13.2. The number of esters is 1. The van der Waals surface area contributed by atoms with Gasteiger partial charge in [-0.25, -0.2) is 9.69 Å². The number of ether oxygens (including phenoxy) is 1. The van der Waals surface area contributed by atoms with E-state index in [0.717, 1.165) is 15.7 Å². The molecule has 0 fully saturated rings. The standard InChI is InChI=1S/C27H16Cl2N2O4/c28-18-10-14-20(15-11-18)35-27(34)17-8-12-19(13-9-17)30-24-23(29)25(32)31(26(24)33)22-7-3-5-16-4-1-2-6-21(16)22/h1-15,30H. The summed E-state index contributed by atoms with van der Waals surface area (Å²) in [5.41, 5.74) is 1.19. The van der Waals surface area contributed by atoms with E-state index in [2.05, 4.69) is 5.32 Å². The summed E-state index contributed by atoms with van der Waals surface area (Å²) in [5, 5.41) is 4.88. The third-order valence-electron chi connectivity index (χ3n) is 5.45. The van der Waals surface area contributed by atoms with Crippen molar-refractivity contribution in [3.63, 3.8) is 0 Å². The van der Waals surface area contributed by atoms with E-state index in [1.807, 2.05) is 30.3 Å². The lowest BCUT2D eigenvalue weighted by molar-refractivity contribution is -0.120. The van der Waals surface area contributed by atoms with Crippen LogP contribution in [0.4, 0.5) is 11.4 Å². The summed E-state index contributed by atoms with van der Waals surface area (Å²) in [6.45, 7) is 0. The maximum atomic E-state index is 13.2. The van der Waals surface area contributed by atoms with Gasteiger partial charge in [0, 0.05) is 16.1 Å². The molecule has 0 bridgehead atoms. The largest absolute Gasteiger partial charge is 0.423 e. The van der Waals surface area contributed by atoms with Gasteiger partial charge >= 0.3 is 5.97 Å². The van der Waals surface area contributed by atoms with E-state index >= 15 is 0 Å². The van der Waals surface area contributed by atoms with Gasteiger partial charge in [0.15, 0.2) is 0 Å². The number of benzene rings is 4. The minimum absolute atomic E-state index is 0.0407. The molecule has 8 heteroatoms. The second-order valence-electron chi connectivity index (χ2n) is 7.68. The number of rotatable bonds is 5. The zero-order valence-electron chi connectivity index (χ0n) is 18.0. The first-order chi connectivity index (χ1) is 16.9. The van der Waals surface area contributed by atoms with Gasteiger partial charge in [-0.15, -0.1) is 0 Å². The summed E-state index contributed by atoms with van der Waals surface area (Å²) in [7, 11) is 0. The SMILES string of the molecule is O=C(Oc1ccc(Cl)cc1)c1ccc(NC2=C(Cl)C(=O)N(c3cccc4ccccc34)C2=O)cc1. The van der Waals surface area contributed by atoms with Crippen LogP contribution in [0.15, 0.2) is 102 Å². The van der Waals surface area contributed by atoms with Gasteiger partial charge in [0.1, 0.15) is 16.5 Å². The fourth-order valence-electron chi connectivity index (χ4n) is 3.74. The molecule has 1 N–H and O–H groups in total. The number of hydrogen-bond donors (Lipinski definition) is 1. The Bertz CT molecular complexity index is 1510. The van der Waals surface area contributed by atoms with Crippen LogP contribution in [-0.4, -0.2) is 17.8 Å². The molecule has 0 aromatic heterocycles. The third kappa shape index (κ3) is 4.37. The molecule has 172 valence electrons. The molecule has 0 saturated heterocycles. The van der Waals surface area contributed by atoms with Crippen molar-refractivity contribution in [2.75, 3.05) is 10.2 Å². The molecule has 35 heavy (non-hydrogen) atoms. The first-order valence-corrected chi connectivity index (χ1v) is 11.3. The van der Waals surface area contributed by atoms with E-state index in [-0.39, 0.29) is 10.7 Å². The minimum atomic E-state index is -0.612. The fourth-order valence-corrected chi connectivity index (χ4v) is 4.07. The molecule has 0 saturated carbocycles. The number of anilines is 2. The number of halogens is 2. The second-order valence-corrected chi connectivity index (χ2v) is 8.49. The zero-order valence-corrected chi connectivity index (χ0v) is 19.5.